The second-order valence-corrected chi connectivity index (χ2v) is 4.48. The van der Waals surface area contributed by atoms with E-state index in [4.69, 9.17) is 5.11 Å². The molecule has 6 nitrogen and oxygen atoms in total. The van der Waals surface area contributed by atoms with E-state index in [2.05, 4.69) is 9.97 Å². The van der Waals surface area contributed by atoms with E-state index in [9.17, 15) is 14.7 Å². The Morgan fingerprint density at radius 3 is 2.76 bits per heavy atom. The summed E-state index contributed by atoms with van der Waals surface area (Å²) in [6, 6.07) is 9.31. The van der Waals surface area contributed by atoms with Gasteiger partial charge in [-0.05, 0) is 24.3 Å². The number of carboxylic acids is 1. The van der Waals surface area contributed by atoms with Gasteiger partial charge in [0.25, 0.3) is 0 Å². The van der Waals surface area contributed by atoms with Gasteiger partial charge in [-0.15, -0.1) is 0 Å². The molecule has 0 unspecified atom stereocenters. The molecule has 0 saturated heterocycles. The van der Waals surface area contributed by atoms with E-state index in [0.717, 1.165) is 0 Å². The summed E-state index contributed by atoms with van der Waals surface area (Å²) in [5, 5.41) is 18.6. The molecule has 3 aromatic rings. The molecule has 3 N–H and O–H groups in total. The molecular formula is C15H10N2O4. The molecule has 0 fully saturated rings. The summed E-state index contributed by atoms with van der Waals surface area (Å²) >= 11 is 0. The van der Waals surface area contributed by atoms with E-state index in [1.54, 1.807) is 18.2 Å². The van der Waals surface area contributed by atoms with Crippen molar-refractivity contribution in [2.75, 3.05) is 0 Å². The highest BCUT2D eigenvalue weighted by molar-refractivity contribution is 5.98. The van der Waals surface area contributed by atoms with Gasteiger partial charge < -0.3 is 15.2 Å². The number of phenols is 1. The summed E-state index contributed by atoms with van der Waals surface area (Å²) in [5.41, 5.74) is 1.77. The number of benzene rings is 2. The second-order valence-electron chi connectivity index (χ2n) is 4.48. The van der Waals surface area contributed by atoms with Crippen molar-refractivity contribution >= 4 is 23.3 Å². The molecule has 1 heterocycles. The first-order chi connectivity index (χ1) is 10.1. The van der Waals surface area contributed by atoms with Crippen LogP contribution in [0.4, 0.5) is 0 Å². The molecule has 0 aliphatic heterocycles. The fraction of sp³-hybridized carbons (Fsp3) is 0. The molecule has 0 amide bonds. The maximum Gasteiger partial charge on any atom is 0.335 e. The van der Waals surface area contributed by atoms with Crippen LogP contribution in [0.1, 0.15) is 20.7 Å². The Hall–Kier alpha value is -3.15. The summed E-state index contributed by atoms with van der Waals surface area (Å²) in [6.45, 7) is 0. The van der Waals surface area contributed by atoms with Crippen molar-refractivity contribution in [3.63, 3.8) is 0 Å². The van der Waals surface area contributed by atoms with E-state index in [1.165, 1.54) is 18.2 Å². The minimum atomic E-state index is -1.03. The van der Waals surface area contributed by atoms with Crippen LogP contribution in [0.3, 0.4) is 0 Å². The Morgan fingerprint density at radius 1 is 1.24 bits per heavy atom. The maximum atomic E-state index is 11.0. The monoisotopic (exact) mass is 282 g/mol. The molecule has 2 aromatic carbocycles. The third-order valence-electron chi connectivity index (χ3n) is 3.17. The SMILES string of the molecule is O=Cc1c(O)ccc2[nH]c(-c3cccc(C(=O)O)c3)nc12. The maximum absolute atomic E-state index is 11.0. The highest BCUT2D eigenvalue weighted by Gasteiger charge is 2.13. The van der Waals surface area contributed by atoms with Gasteiger partial charge in [0.15, 0.2) is 6.29 Å². The highest BCUT2D eigenvalue weighted by Crippen LogP contribution is 2.27. The van der Waals surface area contributed by atoms with Crippen molar-refractivity contribution in [2.24, 2.45) is 0 Å². The fourth-order valence-corrected chi connectivity index (χ4v) is 2.14. The second kappa shape index (κ2) is 4.75. The van der Waals surface area contributed by atoms with Gasteiger partial charge in [-0.3, -0.25) is 4.79 Å². The number of carbonyl (C=O) groups excluding carboxylic acids is 1. The van der Waals surface area contributed by atoms with E-state index in [1.807, 2.05) is 0 Å². The number of aromatic nitrogens is 2. The van der Waals surface area contributed by atoms with E-state index in [-0.39, 0.29) is 16.9 Å². The normalized spacial score (nSPS) is 10.7. The smallest absolute Gasteiger partial charge is 0.335 e. The molecule has 3 rings (SSSR count). The quantitative estimate of drug-likeness (QED) is 0.640. The third kappa shape index (κ3) is 2.12. The van der Waals surface area contributed by atoms with Gasteiger partial charge in [0.2, 0.25) is 0 Å². The zero-order chi connectivity index (χ0) is 15.0. The van der Waals surface area contributed by atoms with Crippen molar-refractivity contribution in [3.8, 4) is 17.1 Å². The first-order valence-corrected chi connectivity index (χ1v) is 6.10. The van der Waals surface area contributed by atoms with Gasteiger partial charge in [0.05, 0.1) is 16.6 Å². The van der Waals surface area contributed by atoms with Crippen LogP contribution in [0.25, 0.3) is 22.4 Å². The minimum Gasteiger partial charge on any atom is -0.507 e. The topological polar surface area (TPSA) is 103 Å². The molecular weight excluding hydrogens is 272 g/mol. The van der Waals surface area contributed by atoms with Gasteiger partial charge in [-0.1, -0.05) is 12.1 Å². The number of aromatic amines is 1. The van der Waals surface area contributed by atoms with E-state index < -0.39 is 5.97 Å². The standard InChI is InChI=1S/C15H10N2O4/c18-7-10-12(19)5-4-11-13(10)17-14(16-11)8-2-1-3-9(6-8)15(20)21/h1-7,19H,(H,16,17)(H,20,21). The fourth-order valence-electron chi connectivity index (χ4n) is 2.14. The number of aromatic carboxylic acids is 1. The van der Waals surface area contributed by atoms with E-state index in [0.29, 0.717) is 28.7 Å². The van der Waals surface area contributed by atoms with Crippen LogP contribution >= 0.6 is 0 Å². The van der Waals surface area contributed by atoms with Crippen LogP contribution in [-0.4, -0.2) is 32.4 Å². The number of carbonyl (C=O) groups is 2. The number of hydrogen-bond donors (Lipinski definition) is 3. The molecule has 0 radical (unpaired) electrons. The lowest BCUT2D eigenvalue weighted by Crippen LogP contribution is -1.96. The lowest BCUT2D eigenvalue weighted by Gasteiger charge is -1.98. The van der Waals surface area contributed by atoms with E-state index >= 15 is 0 Å². The minimum absolute atomic E-state index is 0.101. The van der Waals surface area contributed by atoms with Crippen LogP contribution < -0.4 is 0 Å². The van der Waals surface area contributed by atoms with Crippen LogP contribution in [0, 0.1) is 0 Å². The number of phenolic OH excluding ortho intramolecular Hbond substituents is 1. The number of rotatable bonds is 3. The van der Waals surface area contributed by atoms with Crippen molar-refractivity contribution in [2.45, 2.75) is 0 Å². The summed E-state index contributed by atoms with van der Waals surface area (Å²) in [4.78, 5) is 29.3. The number of nitrogens with zero attached hydrogens (tertiary/aromatic N) is 1. The number of H-pyrrole nitrogens is 1. The van der Waals surface area contributed by atoms with Crippen molar-refractivity contribution in [1.29, 1.82) is 0 Å². The largest absolute Gasteiger partial charge is 0.507 e. The average molecular weight is 282 g/mol. The summed E-state index contributed by atoms with van der Waals surface area (Å²) < 4.78 is 0. The van der Waals surface area contributed by atoms with Crippen LogP contribution in [0.5, 0.6) is 5.75 Å². The molecule has 104 valence electrons. The summed E-state index contributed by atoms with van der Waals surface area (Å²) in [6.07, 6.45) is 0.538. The Kier molecular flexibility index (Phi) is 2.91. The van der Waals surface area contributed by atoms with Crippen LogP contribution in [0.2, 0.25) is 0 Å². The zero-order valence-electron chi connectivity index (χ0n) is 10.7. The molecule has 21 heavy (non-hydrogen) atoms. The van der Waals surface area contributed by atoms with Gasteiger partial charge in [-0.25, -0.2) is 9.78 Å². The number of nitrogens with one attached hydrogen (secondary N) is 1. The van der Waals surface area contributed by atoms with Crippen LogP contribution in [0.15, 0.2) is 36.4 Å². The zero-order valence-corrected chi connectivity index (χ0v) is 10.7. The van der Waals surface area contributed by atoms with Gasteiger partial charge in [0, 0.05) is 5.56 Å². The molecule has 0 spiro atoms. The van der Waals surface area contributed by atoms with Gasteiger partial charge in [-0.2, -0.15) is 0 Å². The molecule has 6 heteroatoms. The predicted molar refractivity (Wildman–Crippen MR) is 75.5 cm³/mol. The highest BCUT2D eigenvalue weighted by atomic mass is 16.4. The molecule has 0 aliphatic rings. The van der Waals surface area contributed by atoms with Gasteiger partial charge in [0.1, 0.15) is 17.1 Å². The molecule has 0 bridgehead atoms. The molecule has 0 aliphatic carbocycles. The van der Waals surface area contributed by atoms with Crippen LogP contribution in [-0.2, 0) is 0 Å². The molecule has 0 saturated carbocycles. The van der Waals surface area contributed by atoms with Crippen molar-refractivity contribution < 1.29 is 19.8 Å². The predicted octanol–water partition coefficient (Wildman–Crippen LogP) is 2.45. The lowest BCUT2D eigenvalue weighted by atomic mass is 10.1. The Bertz CT molecular complexity index is 867. The number of carboxylic acid groups (broad SMARTS) is 1. The van der Waals surface area contributed by atoms with Crippen molar-refractivity contribution in [1.82, 2.24) is 9.97 Å². The van der Waals surface area contributed by atoms with Crippen molar-refractivity contribution in [3.05, 3.63) is 47.5 Å². The number of aldehydes is 1. The third-order valence-corrected chi connectivity index (χ3v) is 3.17. The number of fused-ring (bicyclic) bond motifs is 1. The Balaban J connectivity index is 2.20. The number of aromatic hydroxyl groups is 1. The van der Waals surface area contributed by atoms with Gasteiger partial charge >= 0.3 is 5.97 Å². The molecule has 0 atom stereocenters. The Labute approximate surface area is 118 Å². The number of imidazole rings is 1. The number of hydrogen-bond acceptors (Lipinski definition) is 4. The first kappa shape index (κ1) is 12.9. The summed E-state index contributed by atoms with van der Waals surface area (Å²) in [7, 11) is 0. The Morgan fingerprint density at radius 2 is 2.05 bits per heavy atom. The summed E-state index contributed by atoms with van der Waals surface area (Å²) in [5.74, 6) is -0.740. The first-order valence-electron chi connectivity index (χ1n) is 6.10. The molecule has 1 aromatic heterocycles. The lowest BCUT2D eigenvalue weighted by molar-refractivity contribution is 0.0696. The average Bonchev–Trinajstić information content (AvgIpc) is 2.91.